The van der Waals surface area contributed by atoms with Gasteiger partial charge in [0.25, 0.3) is 0 Å². The first-order chi connectivity index (χ1) is 9.87. The highest BCUT2D eigenvalue weighted by atomic mass is 16.2. The number of hydrogen-bond donors (Lipinski definition) is 1. The molecule has 1 atom stereocenters. The van der Waals surface area contributed by atoms with E-state index >= 15 is 0 Å². The molecule has 1 unspecified atom stereocenters. The molecule has 110 valence electrons. The van der Waals surface area contributed by atoms with Gasteiger partial charge in [-0.25, -0.2) is 0 Å². The quantitative estimate of drug-likeness (QED) is 0.937. The molecule has 0 aliphatic carbocycles. The van der Waals surface area contributed by atoms with Gasteiger partial charge >= 0.3 is 0 Å². The first-order valence-electron chi connectivity index (χ1n) is 7.16. The number of aromatic nitrogens is 1. The molecule has 21 heavy (non-hydrogen) atoms. The largest absolute Gasteiger partial charge is 0.351 e. The Hall–Kier alpha value is -2.16. The molecule has 0 saturated carbocycles. The third-order valence-electron chi connectivity index (χ3n) is 3.15. The average molecular weight is 282 g/mol. The lowest BCUT2D eigenvalue weighted by molar-refractivity contribution is -0.123. The van der Waals surface area contributed by atoms with Crippen LogP contribution in [-0.2, 0) is 4.79 Å². The van der Waals surface area contributed by atoms with E-state index in [2.05, 4.69) is 10.3 Å². The Kier molecular flexibility index (Phi) is 4.41. The van der Waals surface area contributed by atoms with Gasteiger partial charge in [0.15, 0.2) is 0 Å². The van der Waals surface area contributed by atoms with Gasteiger partial charge in [-0.3, -0.25) is 9.78 Å². The number of nitrogens with one attached hydrogen (secondary N) is 1. The van der Waals surface area contributed by atoms with Crippen molar-refractivity contribution in [1.82, 2.24) is 10.3 Å². The van der Waals surface area contributed by atoms with Crippen LogP contribution in [0.3, 0.4) is 0 Å². The Morgan fingerprint density at radius 1 is 1.10 bits per heavy atom. The van der Waals surface area contributed by atoms with E-state index in [1.165, 1.54) is 5.56 Å². The van der Waals surface area contributed by atoms with Crippen LogP contribution in [0.15, 0.2) is 48.7 Å². The second-order valence-electron chi connectivity index (χ2n) is 6.34. The number of nitrogens with zero attached hydrogens (tertiary/aromatic N) is 1. The van der Waals surface area contributed by atoms with Crippen LogP contribution >= 0.6 is 0 Å². The van der Waals surface area contributed by atoms with Crippen molar-refractivity contribution in [3.8, 4) is 0 Å². The van der Waals surface area contributed by atoms with Crippen molar-refractivity contribution in [2.24, 2.45) is 0 Å². The molecule has 0 aliphatic heterocycles. The number of benzene rings is 1. The van der Waals surface area contributed by atoms with E-state index in [0.29, 0.717) is 0 Å². The van der Waals surface area contributed by atoms with Gasteiger partial charge in [0.1, 0.15) is 5.92 Å². The lowest BCUT2D eigenvalue weighted by Crippen LogP contribution is -2.43. The fourth-order valence-electron chi connectivity index (χ4n) is 2.20. The van der Waals surface area contributed by atoms with Crippen molar-refractivity contribution in [2.45, 2.75) is 39.2 Å². The lowest BCUT2D eigenvalue weighted by atomic mass is 9.92. The van der Waals surface area contributed by atoms with Crippen molar-refractivity contribution in [1.29, 1.82) is 0 Å². The predicted molar refractivity (Wildman–Crippen MR) is 85.2 cm³/mol. The van der Waals surface area contributed by atoms with E-state index in [1.807, 2.05) is 70.2 Å². The molecule has 1 aromatic heterocycles. The van der Waals surface area contributed by atoms with Crippen molar-refractivity contribution in [3.05, 3.63) is 65.5 Å². The average Bonchev–Trinajstić information content (AvgIpc) is 2.40. The highest BCUT2D eigenvalue weighted by Crippen LogP contribution is 2.24. The van der Waals surface area contributed by atoms with Crippen LogP contribution in [0, 0.1) is 6.92 Å². The Morgan fingerprint density at radius 2 is 1.76 bits per heavy atom. The van der Waals surface area contributed by atoms with Gasteiger partial charge in [-0.15, -0.1) is 0 Å². The number of carbonyl (C=O) groups excluding carboxylic acids is 1. The number of carbonyl (C=O) groups is 1. The monoisotopic (exact) mass is 282 g/mol. The second-order valence-corrected chi connectivity index (χ2v) is 6.34. The summed E-state index contributed by atoms with van der Waals surface area (Å²) in [5.41, 5.74) is 2.63. The normalized spacial score (nSPS) is 12.8. The summed E-state index contributed by atoms with van der Waals surface area (Å²) in [6.07, 6.45) is 1.72. The van der Waals surface area contributed by atoms with Gasteiger partial charge < -0.3 is 5.32 Å². The van der Waals surface area contributed by atoms with Gasteiger partial charge in [-0.05, 0) is 45.4 Å². The predicted octanol–water partition coefficient (Wildman–Crippen LogP) is 3.44. The molecule has 1 aromatic carbocycles. The summed E-state index contributed by atoms with van der Waals surface area (Å²) < 4.78 is 0. The maximum Gasteiger partial charge on any atom is 0.234 e. The van der Waals surface area contributed by atoms with Crippen LogP contribution in [0.1, 0.15) is 43.5 Å². The number of hydrogen-bond acceptors (Lipinski definition) is 2. The molecular formula is C18H22N2O. The minimum absolute atomic E-state index is 0.0231. The van der Waals surface area contributed by atoms with Gasteiger partial charge in [-0.1, -0.05) is 35.9 Å². The molecule has 1 amide bonds. The maximum absolute atomic E-state index is 12.7. The Labute approximate surface area is 126 Å². The summed E-state index contributed by atoms with van der Waals surface area (Å²) in [4.78, 5) is 17.1. The van der Waals surface area contributed by atoms with Crippen LogP contribution < -0.4 is 5.32 Å². The fraction of sp³-hybridized carbons (Fsp3) is 0.333. The Bertz CT molecular complexity index is 597. The number of aryl methyl sites for hydroxylation is 1. The minimum Gasteiger partial charge on any atom is -0.351 e. The van der Waals surface area contributed by atoms with Crippen LogP contribution in [0.25, 0.3) is 0 Å². The fourth-order valence-corrected chi connectivity index (χ4v) is 2.20. The zero-order chi connectivity index (χ0) is 15.5. The van der Waals surface area contributed by atoms with E-state index in [4.69, 9.17) is 0 Å². The lowest BCUT2D eigenvalue weighted by Gasteiger charge is -2.25. The van der Waals surface area contributed by atoms with E-state index in [9.17, 15) is 4.79 Å². The third-order valence-corrected chi connectivity index (χ3v) is 3.15. The van der Waals surface area contributed by atoms with Gasteiger partial charge in [0.05, 0.1) is 5.69 Å². The van der Waals surface area contributed by atoms with E-state index in [-0.39, 0.29) is 17.4 Å². The summed E-state index contributed by atoms with van der Waals surface area (Å²) in [6, 6.07) is 13.7. The first kappa shape index (κ1) is 15.2. The third kappa shape index (κ3) is 4.15. The zero-order valence-electron chi connectivity index (χ0n) is 13.1. The maximum atomic E-state index is 12.7. The Balaban J connectivity index is 2.40. The molecule has 0 saturated heterocycles. The molecule has 0 spiro atoms. The molecule has 0 radical (unpaired) electrons. The van der Waals surface area contributed by atoms with Crippen molar-refractivity contribution < 1.29 is 4.79 Å². The van der Waals surface area contributed by atoms with Crippen LogP contribution in [-0.4, -0.2) is 16.4 Å². The smallest absolute Gasteiger partial charge is 0.234 e. The molecule has 0 aliphatic rings. The molecule has 1 N–H and O–H groups in total. The van der Waals surface area contributed by atoms with E-state index < -0.39 is 0 Å². The van der Waals surface area contributed by atoms with Gasteiger partial charge in [0.2, 0.25) is 5.91 Å². The van der Waals surface area contributed by atoms with E-state index in [0.717, 1.165) is 11.3 Å². The van der Waals surface area contributed by atoms with Gasteiger partial charge in [-0.2, -0.15) is 0 Å². The molecule has 3 heteroatoms. The molecule has 0 bridgehead atoms. The van der Waals surface area contributed by atoms with Crippen molar-refractivity contribution in [3.63, 3.8) is 0 Å². The van der Waals surface area contributed by atoms with Crippen LogP contribution in [0.5, 0.6) is 0 Å². The molecular weight excluding hydrogens is 260 g/mol. The highest BCUT2D eigenvalue weighted by molar-refractivity contribution is 5.87. The number of amides is 1. The first-order valence-corrected chi connectivity index (χ1v) is 7.16. The van der Waals surface area contributed by atoms with Gasteiger partial charge in [0, 0.05) is 11.7 Å². The summed E-state index contributed by atoms with van der Waals surface area (Å²) in [5, 5.41) is 3.05. The van der Waals surface area contributed by atoms with Crippen molar-refractivity contribution >= 4 is 5.91 Å². The van der Waals surface area contributed by atoms with E-state index in [1.54, 1.807) is 6.20 Å². The molecule has 3 nitrogen and oxygen atoms in total. The zero-order valence-corrected chi connectivity index (χ0v) is 13.1. The summed E-state index contributed by atoms with van der Waals surface area (Å²) >= 11 is 0. The highest BCUT2D eigenvalue weighted by Gasteiger charge is 2.26. The number of pyridine rings is 1. The molecule has 1 heterocycles. The molecule has 0 fully saturated rings. The van der Waals surface area contributed by atoms with Crippen molar-refractivity contribution in [2.75, 3.05) is 0 Å². The topological polar surface area (TPSA) is 42.0 Å². The summed E-state index contributed by atoms with van der Waals surface area (Å²) in [7, 11) is 0. The number of rotatable bonds is 3. The van der Waals surface area contributed by atoms with Crippen LogP contribution in [0.4, 0.5) is 0 Å². The standard InChI is InChI=1S/C18H22N2O/c1-13-8-10-14(11-9-13)16(15-7-5-6-12-19-15)17(21)20-18(2,3)4/h5-12,16H,1-4H3,(H,20,21). The Morgan fingerprint density at radius 3 is 2.29 bits per heavy atom. The van der Waals surface area contributed by atoms with Crippen LogP contribution in [0.2, 0.25) is 0 Å². The second kappa shape index (κ2) is 6.08. The molecule has 2 aromatic rings. The summed E-state index contributed by atoms with van der Waals surface area (Å²) in [5.74, 6) is -0.406. The SMILES string of the molecule is Cc1ccc(C(C(=O)NC(C)(C)C)c2ccccn2)cc1. The summed E-state index contributed by atoms with van der Waals surface area (Å²) in [6.45, 7) is 7.98. The molecule has 2 rings (SSSR count). The minimum atomic E-state index is -0.383.